The van der Waals surface area contributed by atoms with Crippen molar-refractivity contribution in [1.29, 1.82) is 0 Å². The van der Waals surface area contributed by atoms with Crippen molar-refractivity contribution >= 4 is 5.97 Å². The van der Waals surface area contributed by atoms with Gasteiger partial charge in [0.25, 0.3) is 0 Å². The topological polar surface area (TPSA) is 50.2 Å². The van der Waals surface area contributed by atoms with E-state index in [9.17, 15) is 9.90 Å². The van der Waals surface area contributed by atoms with E-state index in [1.165, 1.54) is 0 Å². The van der Waals surface area contributed by atoms with Gasteiger partial charge in [0.2, 0.25) is 0 Å². The molecule has 0 atom stereocenters. The molecule has 2 aromatic rings. The first kappa shape index (κ1) is 11.3. The van der Waals surface area contributed by atoms with Gasteiger partial charge < -0.3 is 5.11 Å². The number of pyridine rings is 1. The molecule has 1 heterocycles. The molecule has 0 spiro atoms. The molecule has 3 heteroatoms. The highest BCUT2D eigenvalue weighted by Crippen LogP contribution is 2.25. The van der Waals surface area contributed by atoms with Crippen LogP contribution in [0, 0.1) is 13.8 Å². The highest BCUT2D eigenvalue weighted by molar-refractivity contribution is 5.97. The van der Waals surface area contributed by atoms with E-state index in [-0.39, 0.29) is 0 Å². The average molecular weight is 227 g/mol. The molecule has 0 aliphatic carbocycles. The van der Waals surface area contributed by atoms with Crippen LogP contribution in [0.15, 0.2) is 36.5 Å². The summed E-state index contributed by atoms with van der Waals surface area (Å²) in [5, 5.41) is 9.24. The molecule has 0 aliphatic rings. The first-order chi connectivity index (χ1) is 8.09. The summed E-state index contributed by atoms with van der Waals surface area (Å²) >= 11 is 0. The van der Waals surface area contributed by atoms with Gasteiger partial charge in [0.15, 0.2) is 0 Å². The Bertz CT molecular complexity index is 559. The summed E-state index contributed by atoms with van der Waals surface area (Å²) in [5.41, 5.74) is 3.56. The van der Waals surface area contributed by atoms with Crippen molar-refractivity contribution in [2.24, 2.45) is 0 Å². The predicted molar refractivity (Wildman–Crippen MR) is 66.1 cm³/mol. The van der Waals surface area contributed by atoms with Gasteiger partial charge >= 0.3 is 5.97 Å². The van der Waals surface area contributed by atoms with Crippen LogP contribution in [-0.2, 0) is 0 Å². The van der Waals surface area contributed by atoms with Gasteiger partial charge in [0.1, 0.15) is 0 Å². The molecule has 0 fully saturated rings. The molecule has 2 rings (SSSR count). The summed E-state index contributed by atoms with van der Waals surface area (Å²) in [4.78, 5) is 15.5. The summed E-state index contributed by atoms with van der Waals surface area (Å²) < 4.78 is 0. The summed E-state index contributed by atoms with van der Waals surface area (Å²) in [6.07, 6.45) is 1.70. The number of aromatic carboxylic acids is 1. The van der Waals surface area contributed by atoms with Crippen molar-refractivity contribution in [3.05, 3.63) is 53.3 Å². The Morgan fingerprint density at radius 1 is 1.18 bits per heavy atom. The number of rotatable bonds is 2. The number of carboxylic acid groups (broad SMARTS) is 1. The van der Waals surface area contributed by atoms with Gasteiger partial charge in [0, 0.05) is 17.5 Å². The zero-order chi connectivity index (χ0) is 12.4. The largest absolute Gasteiger partial charge is 0.478 e. The second-order valence-corrected chi connectivity index (χ2v) is 3.99. The van der Waals surface area contributed by atoms with Gasteiger partial charge in [-0.1, -0.05) is 24.3 Å². The summed E-state index contributed by atoms with van der Waals surface area (Å²) in [6, 6.07) is 9.24. The van der Waals surface area contributed by atoms with E-state index in [0.29, 0.717) is 11.1 Å². The molecule has 1 N–H and O–H groups in total. The molecule has 17 heavy (non-hydrogen) atoms. The van der Waals surface area contributed by atoms with Gasteiger partial charge in [-0.3, -0.25) is 4.98 Å². The lowest BCUT2D eigenvalue weighted by atomic mass is 9.97. The Morgan fingerprint density at radius 2 is 1.94 bits per heavy atom. The Kier molecular flexibility index (Phi) is 2.91. The van der Waals surface area contributed by atoms with Crippen molar-refractivity contribution < 1.29 is 9.90 Å². The number of hydrogen-bond acceptors (Lipinski definition) is 2. The Labute approximate surface area is 99.8 Å². The second-order valence-electron chi connectivity index (χ2n) is 3.99. The molecule has 0 saturated heterocycles. The van der Waals surface area contributed by atoms with E-state index in [0.717, 1.165) is 16.8 Å². The number of aryl methyl sites for hydroxylation is 2. The van der Waals surface area contributed by atoms with E-state index in [1.54, 1.807) is 19.2 Å². The lowest BCUT2D eigenvalue weighted by Gasteiger charge is -2.08. The molecule has 0 unspecified atom stereocenters. The third-order valence-electron chi connectivity index (χ3n) is 2.71. The number of carboxylic acids is 1. The van der Waals surface area contributed by atoms with Crippen LogP contribution < -0.4 is 0 Å². The average Bonchev–Trinajstić information content (AvgIpc) is 2.29. The van der Waals surface area contributed by atoms with Gasteiger partial charge in [-0.2, -0.15) is 0 Å². The minimum absolute atomic E-state index is 0.346. The summed E-state index contributed by atoms with van der Waals surface area (Å²) in [7, 11) is 0. The predicted octanol–water partition coefficient (Wildman–Crippen LogP) is 3.06. The van der Waals surface area contributed by atoms with Crippen LogP contribution in [0.25, 0.3) is 11.1 Å². The molecular weight excluding hydrogens is 214 g/mol. The maximum atomic E-state index is 11.3. The molecule has 0 aliphatic heterocycles. The van der Waals surface area contributed by atoms with Crippen LogP contribution >= 0.6 is 0 Å². The fraction of sp³-hybridized carbons (Fsp3) is 0.143. The molecular formula is C14H13NO2. The molecule has 86 valence electrons. The van der Waals surface area contributed by atoms with Crippen molar-refractivity contribution in [2.45, 2.75) is 13.8 Å². The first-order valence-corrected chi connectivity index (χ1v) is 5.35. The highest BCUT2D eigenvalue weighted by Gasteiger charge is 2.14. The number of nitrogens with zero attached hydrogens (tertiary/aromatic N) is 1. The molecule has 3 nitrogen and oxygen atoms in total. The molecule has 0 saturated carbocycles. The van der Waals surface area contributed by atoms with Crippen LogP contribution in [0.5, 0.6) is 0 Å². The van der Waals surface area contributed by atoms with Crippen LogP contribution in [-0.4, -0.2) is 16.1 Å². The Morgan fingerprint density at radius 3 is 2.53 bits per heavy atom. The van der Waals surface area contributed by atoms with Crippen LogP contribution in [0.3, 0.4) is 0 Å². The molecule has 0 radical (unpaired) electrons. The smallest absolute Gasteiger partial charge is 0.336 e. The second kappa shape index (κ2) is 4.37. The zero-order valence-corrected chi connectivity index (χ0v) is 9.77. The third kappa shape index (κ3) is 2.18. The van der Waals surface area contributed by atoms with E-state index in [1.807, 2.05) is 31.2 Å². The summed E-state index contributed by atoms with van der Waals surface area (Å²) in [5.74, 6) is -0.904. The van der Waals surface area contributed by atoms with Crippen molar-refractivity contribution in [3.8, 4) is 11.1 Å². The number of carbonyl (C=O) groups is 1. The quantitative estimate of drug-likeness (QED) is 0.857. The highest BCUT2D eigenvalue weighted by atomic mass is 16.4. The Hall–Kier alpha value is -2.16. The lowest BCUT2D eigenvalue weighted by Crippen LogP contribution is -2.02. The number of benzene rings is 1. The molecule has 1 aromatic carbocycles. The van der Waals surface area contributed by atoms with Gasteiger partial charge in [-0.15, -0.1) is 0 Å². The minimum Gasteiger partial charge on any atom is -0.478 e. The van der Waals surface area contributed by atoms with Crippen molar-refractivity contribution in [1.82, 2.24) is 4.98 Å². The monoisotopic (exact) mass is 227 g/mol. The van der Waals surface area contributed by atoms with E-state index >= 15 is 0 Å². The number of hydrogen-bond donors (Lipinski definition) is 1. The number of aromatic nitrogens is 1. The van der Waals surface area contributed by atoms with Crippen molar-refractivity contribution in [3.63, 3.8) is 0 Å². The molecule has 0 bridgehead atoms. The Balaban J connectivity index is 2.63. The first-order valence-electron chi connectivity index (χ1n) is 5.35. The van der Waals surface area contributed by atoms with Crippen LogP contribution in [0.2, 0.25) is 0 Å². The van der Waals surface area contributed by atoms with Crippen molar-refractivity contribution in [2.75, 3.05) is 0 Å². The van der Waals surface area contributed by atoms with Gasteiger partial charge in [-0.25, -0.2) is 4.79 Å². The summed E-state index contributed by atoms with van der Waals surface area (Å²) in [6.45, 7) is 3.70. The standard InChI is InChI=1S/C14H13NO2/c1-9-4-3-5-12(13(9)14(16)17)11-7-6-10(2)15-8-11/h3-8H,1-2H3,(H,16,17). The normalized spacial score (nSPS) is 10.2. The minimum atomic E-state index is -0.904. The fourth-order valence-electron chi connectivity index (χ4n) is 1.82. The van der Waals surface area contributed by atoms with Crippen LogP contribution in [0.4, 0.5) is 0 Å². The maximum Gasteiger partial charge on any atom is 0.336 e. The maximum absolute atomic E-state index is 11.3. The molecule has 1 aromatic heterocycles. The molecule has 0 amide bonds. The fourth-order valence-corrected chi connectivity index (χ4v) is 1.82. The van der Waals surface area contributed by atoms with Crippen LogP contribution in [0.1, 0.15) is 21.6 Å². The SMILES string of the molecule is Cc1ccc(-c2cccc(C)c2C(=O)O)cn1. The van der Waals surface area contributed by atoms with E-state index in [2.05, 4.69) is 4.98 Å². The van der Waals surface area contributed by atoms with E-state index in [4.69, 9.17) is 0 Å². The van der Waals surface area contributed by atoms with Gasteiger partial charge in [0.05, 0.1) is 5.56 Å². The van der Waals surface area contributed by atoms with E-state index < -0.39 is 5.97 Å². The third-order valence-corrected chi connectivity index (χ3v) is 2.71. The lowest BCUT2D eigenvalue weighted by molar-refractivity contribution is 0.0697. The zero-order valence-electron chi connectivity index (χ0n) is 9.77. The van der Waals surface area contributed by atoms with Gasteiger partial charge in [-0.05, 0) is 31.0 Å².